The fourth-order valence-electron chi connectivity index (χ4n) is 1.41. The van der Waals surface area contributed by atoms with Crippen molar-refractivity contribution in [2.75, 3.05) is 13.1 Å². The molecule has 1 rings (SSSR count). The third-order valence-electron chi connectivity index (χ3n) is 2.31. The van der Waals surface area contributed by atoms with Crippen LogP contribution in [0.1, 0.15) is 13.8 Å². The lowest BCUT2D eigenvalue weighted by Gasteiger charge is -2.18. The second kappa shape index (κ2) is 5.18. The van der Waals surface area contributed by atoms with Crippen molar-refractivity contribution in [2.24, 2.45) is 5.11 Å². The van der Waals surface area contributed by atoms with Crippen molar-refractivity contribution in [3.8, 4) is 0 Å². The highest BCUT2D eigenvalue weighted by atomic mass is 32.2. The summed E-state index contributed by atoms with van der Waals surface area (Å²) in [5.74, 6) is 0. The molecule has 0 aromatic heterocycles. The predicted octanol–water partition coefficient (Wildman–Crippen LogP) is 2.38. The van der Waals surface area contributed by atoms with Crippen LogP contribution in [0.15, 0.2) is 34.3 Å². The van der Waals surface area contributed by atoms with Gasteiger partial charge in [-0.3, -0.25) is 0 Å². The molecule has 0 spiro atoms. The van der Waals surface area contributed by atoms with E-state index in [-0.39, 0.29) is 4.90 Å². The van der Waals surface area contributed by atoms with Crippen LogP contribution in [-0.4, -0.2) is 25.8 Å². The summed E-state index contributed by atoms with van der Waals surface area (Å²) in [7, 11) is -3.40. The SMILES string of the molecule is CCN(CC)S(=O)(=O)c1ccc(N=N)cc1. The molecule has 16 heavy (non-hydrogen) atoms. The Labute approximate surface area is 95.6 Å². The maximum Gasteiger partial charge on any atom is 0.243 e. The molecular formula is C10H15N3O2S. The molecule has 5 nitrogen and oxygen atoms in total. The van der Waals surface area contributed by atoms with Gasteiger partial charge in [0.05, 0.1) is 10.6 Å². The Bertz CT molecular complexity index is 449. The maximum absolute atomic E-state index is 12.0. The Balaban J connectivity index is 3.11. The number of sulfonamides is 1. The standard InChI is InChI=1S/C10H15N3O2S/c1-3-13(4-2)16(14,15)10-7-5-9(12-11)6-8-10/h5-8,11H,3-4H2,1-2H3. The molecule has 0 heterocycles. The van der Waals surface area contributed by atoms with Crippen molar-refractivity contribution < 1.29 is 8.42 Å². The first kappa shape index (κ1) is 12.8. The molecule has 0 aliphatic carbocycles. The first-order chi connectivity index (χ1) is 7.56. The number of rotatable bonds is 5. The fraction of sp³-hybridized carbons (Fsp3) is 0.400. The molecule has 0 aliphatic rings. The molecular weight excluding hydrogens is 226 g/mol. The zero-order valence-corrected chi connectivity index (χ0v) is 10.2. The fourth-order valence-corrected chi connectivity index (χ4v) is 2.86. The molecule has 0 saturated carbocycles. The molecule has 88 valence electrons. The molecule has 6 heteroatoms. The van der Waals surface area contributed by atoms with Crippen LogP contribution in [0.25, 0.3) is 0 Å². The van der Waals surface area contributed by atoms with E-state index >= 15 is 0 Å². The van der Waals surface area contributed by atoms with Crippen LogP contribution in [0.5, 0.6) is 0 Å². The molecule has 1 aromatic carbocycles. The van der Waals surface area contributed by atoms with E-state index < -0.39 is 10.0 Å². The van der Waals surface area contributed by atoms with Crippen molar-refractivity contribution in [3.05, 3.63) is 24.3 Å². The Morgan fingerprint density at radius 1 is 1.19 bits per heavy atom. The van der Waals surface area contributed by atoms with Gasteiger partial charge >= 0.3 is 0 Å². The molecule has 1 aromatic rings. The van der Waals surface area contributed by atoms with Crippen molar-refractivity contribution in [2.45, 2.75) is 18.7 Å². The summed E-state index contributed by atoms with van der Waals surface area (Å²) in [5.41, 5.74) is 7.24. The average Bonchev–Trinajstić information content (AvgIpc) is 2.30. The van der Waals surface area contributed by atoms with Crippen LogP contribution >= 0.6 is 0 Å². The van der Waals surface area contributed by atoms with Gasteiger partial charge in [0.2, 0.25) is 10.0 Å². The van der Waals surface area contributed by atoms with Gasteiger partial charge in [0.25, 0.3) is 0 Å². The third kappa shape index (κ3) is 2.45. The van der Waals surface area contributed by atoms with Crippen LogP contribution < -0.4 is 0 Å². The van der Waals surface area contributed by atoms with E-state index in [1.165, 1.54) is 28.6 Å². The van der Waals surface area contributed by atoms with E-state index in [2.05, 4.69) is 5.11 Å². The van der Waals surface area contributed by atoms with Crippen molar-refractivity contribution in [3.63, 3.8) is 0 Å². The summed E-state index contributed by atoms with van der Waals surface area (Å²) in [5, 5.41) is 3.22. The van der Waals surface area contributed by atoms with Gasteiger partial charge in [0.15, 0.2) is 0 Å². The van der Waals surface area contributed by atoms with Crippen LogP contribution in [-0.2, 0) is 10.0 Å². The second-order valence-electron chi connectivity index (χ2n) is 3.20. The van der Waals surface area contributed by atoms with E-state index in [0.29, 0.717) is 18.8 Å². The number of nitrogens with zero attached hydrogens (tertiary/aromatic N) is 2. The van der Waals surface area contributed by atoms with Gasteiger partial charge < -0.3 is 0 Å². The van der Waals surface area contributed by atoms with E-state index in [4.69, 9.17) is 5.53 Å². The van der Waals surface area contributed by atoms with Gasteiger partial charge in [-0.25, -0.2) is 13.9 Å². The highest BCUT2D eigenvalue weighted by molar-refractivity contribution is 7.89. The lowest BCUT2D eigenvalue weighted by atomic mass is 10.3. The lowest BCUT2D eigenvalue weighted by Crippen LogP contribution is -2.30. The Morgan fingerprint density at radius 3 is 2.06 bits per heavy atom. The van der Waals surface area contributed by atoms with Gasteiger partial charge in [0, 0.05) is 13.1 Å². The number of nitrogens with one attached hydrogen (secondary N) is 1. The molecule has 0 aliphatic heterocycles. The molecule has 0 unspecified atom stereocenters. The van der Waals surface area contributed by atoms with Crippen LogP contribution in [0.2, 0.25) is 0 Å². The predicted molar refractivity (Wildman–Crippen MR) is 61.4 cm³/mol. The first-order valence-corrected chi connectivity index (χ1v) is 6.48. The summed E-state index contributed by atoms with van der Waals surface area (Å²) in [4.78, 5) is 0.239. The summed E-state index contributed by atoms with van der Waals surface area (Å²) in [6.45, 7) is 4.50. The molecule has 0 bridgehead atoms. The molecule has 0 radical (unpaired) electrons. The van der Waals surface area contributed by atoms with Gasteiger partial charge in [-0.2, -0.15) is 9.42 Å². The monoisotopic (exact) mass is 241 g/mol. The van der Waals surface area contributed by atoms with Crippen LogP contribution in [0, 0.1) is 5.53 Å². The molecule has 0 amide bonds. The summed E-state index contributed by atoms with van der Waals surface area (Å²) < 4.78 is 25.5. The van der Waals surface area contributed by atoms with Crippen molar-refractivity contribution in [1.82, 2.24) is 4.31 Å². The van der Waals surface area contributed by atoms with Crippen LogP contribution in [0.3, 0.4) is 0 Å². The van der Waals surface area contributed by atoms with Gasteiger partial charge in [-0.05, 0) is 24.3 Å². The Kier molecular flexibility index (Phi) is 4.14. The number of hydrogen-bond donors (Lipinski definition) is 1. The highest BCUT2D eigenvalue weighted by Crippen LogP contribution is 2.19. The largest absolute Gasteiger partial charge is 0.243 e. The first-order valence-electron chi connectivity index (χ1n) is 5.04. The second-order valence-corrected chi connectivity index (χ2v) is 5.13. The van der Waals surface area contributed by atoms with Gasteiger partial charge in [0.1, 0.15) is 0 Å². The topological polar surface area (TPSA) is 73.6 Å². The van der Waals surface area contributed by atoms with E-state index in [1.807, 2.05) is 0 Å². The minimum atomic E-state index is -3.40. The quantitative estimate of drug-likeness (QED) is 0.804. The normalized spacial score (nSPS) is 11.7. The molecule has 0 atom stereocenters. The van der Waals surface area contributed by atoms with E-state index in [9.17, 15) is 8.42 Å². The van der Waals surface area contributed by atoms with Crippen molar-refractivity contribution in [1.29, 1.82) is 5.53 Å². The highest BCUT2D eigenvalue weighted by Gasteiger charge is 2.20. The summed E-state index contributed by atoms with van der Waals surface area (Å²) in [6.07, 6.45) is 0. The smallest absolute Gasteiger partial charge is 0.207 e. The molecule has 0 saturated heterocycles. The maximum atomic E-state index is 12.0. The molecule has 1 N–H and O–H groups in total. The zero-order valence-electron chi connectivity index (χ0n) is 9.34. The third-order valence-corrected chi connectivity index (χ3v) is 4.37. The van der Waals surface area contributed by atoms with Gasteiger partial charge in [-0.1, -0.05) is 13.8 Å². The van der Waals surface area contributed by atoms with E-state index in [1.54, 1.807) is 13.8 Å². The lowest BCUT2D eigenvalue weighted by molar-refractivity contribution is 0.445. The van der Waals surface area contributed by atoms with E-state index in [0.717, 1.165) is 0 Å². The Morgan fingerprint density at radius 2 is 1.69 bits per heavy atom. The summed E-state index contributed by atoms with van der Waals surface area (Å²) >= 11 is 0. The average molecular weight is 241 g/mol. The van der Waals surface area contributed by atoms with Crippen LogP contribution in [0.4, 0.5) is 5.69 Å². The summed E-state index contributed by atoms with van der Waals surface area (Å²) in [6, 6.07) is 5.98. The minimum absolute atomic E-state index is 0.239. The number of benzene rings is 1. The zero-order chi connectivity index (χ0) is 12.2. The number of hydrogen-bond acceptors (Lipinski definition) is 4. The van der Waals surface area contributed by atoms with Crippen molar-refractivity contribution >= 4 is 15.7 Å². The Hall–Kier alpha value is -1.27. The minimum Gasteiger partial charge on any atom is -0.207 e. The molecule has 0 fully saturated rings. The van der Waals surface area contributed by atoms with Gasteiger partial charge in [-0.15, -0.1) is 0 Å².